The van der Waals surface area contributed by atoms with Crippen LogP contribution < -0.4 is 5.32 Å². The number of esters is 1. The van der Waals surface area contributed by atoms with Gasteiger partial charge in [0.15, 0.2) is 0 Å². The average molecular weight is 482 g/mol. The van der Waals surface area contributed by atoms with Crippen LogP contribution in [0.25, 0.3) is 11.1 Å². The molecular formula is C26H31N3O4S. The van der Waals surface area contributed by atoms with Crippen LogP contribution in [0.2, 0.25) is 0 Å². The first-order valence-corrected chi connectivity index (χ1v) is 12.8. The molecule has 1 fully saturated rings. The molecule has 1 saturated heterocycles. The highest BCUT2D eigenvalue weighted by Gasteiger charge is 2.29. The molecule has 2 aromatic rings. The Morgan fingerprint density at radius 2 is 2.12 bits per heavy atom. The highest BCUT2D eigenvalue weighted by molar-refractivity contribution is 7.15. The number of aromatic nitrogens is 1. The van der Waals surface area contributed by atoms with Gasteiger partial charge in [-0.15, -0.1) is 11.3 Å². The van der Waals surface area contributed by atoms with Crippen LogP contribution in [0.5, 0.6) is 0 Å². The number of aryl methyl sites for hydroxylation is 2. The van der Waals surface area contributed by atoms with E-state index in [1.165, 1.54) is 4.88 Å². The summed E-state index contributed by atoms with van der Waals surface area (Å²) < 4.78 is 13.0. The van der Waals surface area contributed by atoms with Gasteiger partial charge in [-0.25, -0.2) is 4.79 Å². The van der Waals surface area contributed by atoms with Gasteiger partial charge in [-0.05, 0) is 82.6 Å². The van der Waals surface area contributed by atoms with Crippen LogP contribution in [0, 0.1) is 25.2 Å². The lowest BCUT2D eigenvalue weighted by molar-refractivity contribution is -0.117. The molecule has 1 N–H and O–H groups in total. The average Bonchev–Trinajstić information content (AvgIpc) is 3.53. The number of hydrogen-bond donors (Lipinski definition) is 1. The Labute approximate surface area is 204 Å². The maximum Gasteiger partial charge on any atom is 0.341 e. The van der Waals surface area contributed by atoms with Gasteiger partial charge in [0.05, 0.1) is 18.3 Å². The second-order valence-corrected chi connectivity index (χ2v) is 9.87. The molecule has 7 nitrogen and oxygen atoms in total. The van der Waals surface area contributed by atoms with E-state index in [0.29, 0.717) is 25.3 Å². The molecule has 0 radical (unpaired) electrons. The summed E-state index contributed by atoms with van der Waals surface area (Å²) in [6, 6.07) is 3.99. The van der Waals surface area contributed by atoms with Crippen LogP contribution in [0.4, 0.5) is 0 Å². The van der Waals surface area contributed by atoms with E-state index in [-0.39, 0.29) is 17.6 Å². The fraction of sp³-hybridized carbons (Fsp3) is 0.500. The summed E-state index contributed by atoms with van der Waals surface area (Å²) in [6.07, 6.45) is 7.60. The SMILES string of the molecule is CCOC(=O)c1c(-n2c(C)cc(/C=C(\C#N)C(=O)NCC3CCCO3)c2C)sc2c1CCCC2. The molecule has 8 heteroatoms. The highest BCUT2D eigenvalue weighted by Crippen LogP contribution is 2.39. The monoisotopic (exact) mass is 481 g/mol. The summed E-state index contributed by atoms with van der Waals surface area (Å²) >= 11 is 1.65. The molecule has 0 bridgehead atoms. The minimum atomic E-state index is -0.401. The Bertz CT molecular complexity index is 1160. The van der Waals surface area contributed by atoms with Gasteiger partial charge in [0.1, 0.15) is 16.6 Å². The van der Waals surface area contributed by atoms with Crippen molar-refractivity contribution in [3.8, 4) is 11.1 Å². The lowest BCUT2D eigenvalue weighted by Crippen LogP contribution is -2.32. The molecular weight excluding hydrogens is 450 g/mol. The Morgan fingerprint density at radius 1 is 1.32 bits per heavy atom. The molecule has 3 heterocycles. The van der Waals surface area contributed by atoms with Gasteiger partial charge in [-0.3, -0.25) is 4.79 Å². The molecule has 0 aromatic carbocycles. The van der Waals surface area contributed by atoms with Crippen molar-refractivity contribution >= 4 is 29.3 Å². The van der Waals surface area contributed by atoms with E-state index in [1.54, 1.807) is 17.4 Å². The smallest absolute Gasteiger partial charge is 0.341 e. The van der Waals surface area contributed by atoms with Crippen LogP contribution in [0.15, 0.2) is 11.6 Å². The lowest BCUT2D eigenvalue weighted by Gasteiger charge is -2.13. The zero-order valence-electron chi connectivity index (χ0n) is 20.0. The number of hydrogen-bond acceptors (Lipinski definition) is 6. The lowest BCUT2D eigenvalue weighted by atomic mass is 9.95. The summed E-state index contributed by atoms with van der Waals surface area (Å²) in [4.78, 5) is 26.8. The van der Waals surface area contributed by atoms with Crippen LogP contribution in [-0.2, 0) is 27.1 Å². The summed E-state index contributed by atoms with van der Waals surface area (Å²) in [5, 5.41) is 13.3. The summed E-state index contributed by atoms with van der Waals surface area (Å²) in [7, 11) is 0. The van der Waals surface area contributed by atoms with Crippen molar-refractivity contribution in [2.24, 2.45) is 0 Å². The summed E-state index contributed by atoms with van der Waals surface area (Å²) in [6.45, 7) is 7.19. The first-order valence-electron chi connectivity index (χ1n) is 12.0. The number of amides is 1. The molecule has 0 saturated carbocycles. The fourth-order valence-electron chi connectivity index (χ4n) is 4.78. The zero-order valence-corrected chi connectivity index (χ0v) is 20.8. The number of ether oxygens (including phenoxy) is 2. The van der Waals surface area contributed by atoms with E-state index in [9.17, 15) is 14.9 Å². The van der Waals surface area contributed by atoms with E-state index in [1.807, 2.05) is 32.9 Å². The maximum atomic E-state index is 12.9. The molecule has 1 aliphatic heterocycles. The topological polar surface area (TPSA) is 93.4 Å². The molecule has 34 heavy (non-hydrogen) atoms. The fourth-order valence-corrected chi connectivity index (χ4v) is 6.27. The third-order valence-corrected chi connectivity index (χ3v) is 7.76. The van der Waals surface area contributed by atoms with Crippen LogP contribution in [0.1, 0.15) is 70.4 Å². The Kier molecular flexibility index (Phi) is 7.54. The number of nitriles is 1. The number of rotatable bonds is 7. The standard InChI is InChI=1S/C26H31N3O4S/c1-4-32-26(31)23-21-9-5-6-10-22(21)34-25(23)29-16(2)12-18(17(29)3)13-19(14-27)24(30)28-15-20-8-7-11-33-20/h12-13,20H,4-11,15H2,1-3H3,(H,28,30)/b19-13+. The maximum absolute atomic E-state index is 12.9. The van der Waals surface area contributed by atoms with Crippen molar-refractivity contribution in [1.82, 2.24) is 9.88 Å². The number of nitrogens with one attached hydrogen (secondary N) is 1. The van der Waals surface area contributed by atoms with E-state index < -0.39 is 5.91 Å². The minimum Gasteiger partial charge on any atom is -0.462 e. The molecule has 0 spiro atoms. The van der Waals surface area contributed by atoms with Gasteiger partial charge in [-0.2, -0.15) is 5.26 Å². The van der Waals surface area contributed by atoms with Crippen molar-refractivity contribution in [1.29, 1.82) is 5.26 Å². The summed E-state index contributed by atoms with van der Waals surface area (Å²) in [5.74, 6) is -0.686. The molecule has 2 aliphatic rings. The highest BCUT2D eigenvalue weighted by atomic mass is 32.1. The molecule has 180 valence electrons. The number of thiophene rings is 1. The van der Waals surface area contributed by atoms with Crippen LogP contribution >= 0.6 is 11.3 Å². The Balaban J connectivity index is 1.67. The molecule has 1 unspecified atom stereocenters. The van der Waals surface area contributed by atoms with Gasteiger partial charge in [0.25, 0.3) is 5.91 Å². The van der Waals surface area contributed by atoms with Crippen molar-refractivity contribution in [3.63, 3.8) is 0 Å². The second kappa shape index (κ2) is 10.6. The van der Waals surface area contributed by atoms with E-state index in [0.717, 1.165) is 66.0 Å². The third kappa shape index (κ3) is 4.82. The second-order valence-electron chi connectivity index (χ2n) is 8.79. The largest absolute Gasteiger partial charge is 0.462 e. The van der Waals surface area contributed by atoms with Crippen molar-refractivity contribution in [2.45, 2.75) is 65.4 Å². The van der Waals surface area contributed by atoms with Gasteiger partial charge in [0.2, 0.25) is 0 Å². The zero-order chi connectivity index (χ0) is 24.2. The molecule has 1 atom stereocenters. The molecule has 4 rings (SSSR count). The molecule has 1 aliphatic carbocycles. The first kappa shape index (κ1) is 24.2. The van der Waals surface area contributed by atoms with E-state index in [4.69, 9.17) is 9.47 Å². The normalized spacial score (nSPS) is 17.8. The number of nitrogens with zero attached hydrogens (tertiary/aromatic N) is 2. The van der Waals surface area contributed by atoms with Gasteiger partial charge < -0.3 is 19.4 Å². The predicted octanol–water partition coefficient (Wildman–Crippen LogP) is 4.41. The van der Waals surface area contributed by atoms with Crippen LogP contribution in [0.3, 0.4) is 0 Å². The van der Waals surface area contributed by atoms with Crippen molar-refractivity contribution < 1.29 is 19.1 Å². The quantitative estimate of drug-likeness (QED) is 0.359. The predicted molar refractivity (Wildman–Crippen MR) is 131 cm³/mol. The number of carbonyl (C=O) groups is 2. The minimum absolute atomic E-state index is 0.0140. The van der Waals surface area contributed by atoms with E-state index in [2.05, 4.69) is 9.88 Å². The molecule has 1 amide bonds. The van der Waals surface area contributed by atoms with Gasteiger partial charge in [0, 0.05) is 29.4 Å². The number of carbonyl (C=O) groups excluding carboxylic acids is 2. The summed E-state index contributed by atoms with van der Waals surface area (Å²) in [5.41, 5.74) is 4.41. The van der Waals surface area contributed by atoms with Crippen molar-refractivity contribution in [2.75, 3.05) is 19.8 Å². The van der Waals surface area contributed by atoms with Crippen LogP contribution in [-0.4, -0.2) is 42.3 Å². The Morgan fingerprint density at radius 3 is 2.82 bits per heavy atom. The molecule has 2 aromatic heterocycles. The van der Waals surface area contributed by atoms with Gasteiger partial charge >= 0.3 is 5.97 Å². The third-order valence-electron chi connectivity index (χ3n) is 6.48. The first-order chi connectivity index (χ1) is 16.4. The van der Waals surface area contributed by atoms with Gasteiger partial charge in [-0.1, -0.05) is 0 Å². The Hall–Kier alpha value is -2.89. The van der Waals surface area contributed by atoms with E-state index >= 15 is 0 Å². The van der Waals surface area contributed by atoms with Crippen molar-refractivity contribution in [3.05, 3.63) is 44.6 Å². The number of fused-ring (bicyclic) bond motifs is 1.